The Morgan fingerprint density at radius 1 is 1.08 bits per heavy atom. The number of pyridine rings is 1. The molecule has 0 aliphatic rings. The second-order valence-corrected chi connectivity index (χ2v) is 10.1. The molecule has 6 nitrogen and oxygen atoms in total. The van der Waals surface area contributed by atoms with Crippen LogP contribution in [0.15, 0.2) is 82.4 Å². The summed E-state index contributed by atoms with van der Waals surface area (Å²) in [7, 11) is 1.97. The van der Waals surface area contributed by atoms with E-state index in [1.807, 2.05) is 44.3 Å². The summed E-state index contributed by atoms with van der Waals surface area (Å²) < 4.78 is 45.3. The number of furan rings is 1. The summed E-state index contributed by atoms with van der Waals surface area (Å²) in [4.78, 5) is 27.9. The number of benzene rings is 2. The highest BCUT2D eigenvalue weighted by Crippen LogP contribution is 2.35. The number of aromatic nitrogens is 1. The maximum absolute atomic E-state index is 13.0. The Hall–Kier alpha value is -3.76. The second-order valence-electron chi connectivity index (χ2n) is 9.04. The van der Waals surface area contributed by atoms with Crippen LogP contribution in [-0.2, 0) is 34.7 Å². The average Bonchev–Trinajstić information content (AvgIpc) is 3.29. The van der Waals surface area contributed by atoms with Crippen LogP contribution in [-0.4, -0.2) is 22.9 Å². The summed E-state index contributed by atoms with van der Waals surface area (Å²) in [5, 5.41) is 0. The lowest BCUT2D eigenvalue weighted by Gasteiger charge is -2.16. The highest BCUT2D eigenvalue weighted by molar-refractivity contribution is 7.98. The largest absolute Gasteiger partial charge is 0.459 e. The zero-order chi connectivity index (χ0) is 28.0. The fourth-order valence-electron chi connectivity index (χ4n) is 3.86. The van der Waals surface area contributed by atoms with Crippen molar-refractivity contribution in [3.05, 3.63) is 101 Å². The molecule has 0 amide bonds. The van der Waals surface area contributed by atoms with Crippen molar-refractivity contribution in [1.82, 2.24) is 9.88 Å². The number of thioether (sulfide) groups is 1. The van der Waals surface area contributed by atoms with Gasteiger partial charge in [0.25, 0.3) is 0 Å². The molecule has 39 heavy (non-hydrogen) atoms. The second kappa shape index (κ2) is 12.4. The molecule has 4 aromatic rings. The molecule has 0 saturated carbocycles. The van der Waals surface area contributed by atoms with Gasteiger partial charge in [0.05, 0.1) is 12.1 Å². The standard InChI is InChI=1S/C29H27F3N2O4S/c1-19-13-25(10-11-26(19)38-37-20(2)35)39-18-23-14-27(22-6-8-24(9-7-22)29(30,31)32)36-28(23)17-34(3)16-21-5-4-12-33-15-21/h4-15H,16-18H2,1-3H3. The van der Waals surface area contributed by atoms with Crippen molar-refractivity contribution in [3.63, 3.8) is 0 Å². The van der Waals surface area contributed by atoms with Gasteiger partial charge in [-0.3, -0.25) is 19.7 Å². The van der Waals surface area contributed by atoms with E-state index in [-0.39, 0.29) is 0 Å². The lowest BCUT2D eigenvalue weighted by Crippen LogP contribution is -2.17. The van der Waals surface area contributed by atoms with Crippen LogP contribution in [0, 0.1) is 6.92 Å². The van der Waals surface area contributed by atoms with Gasteiger partial charge >= 0.3 is 12.1 Å². The Kier molecular flexibility index (Phi) is 8.98. The maximum Gasteiger partial charge on any atom is 0.416 e. The summed E-state index contributed by atoms with van der Waals surface area (Å²) in [6, 6.07) is 16.2. The molecular weight excluding hydrogens is 529 g/mol. The Balaban J connectivity index is 1.54. The molecule has 2 aromatic carbocycles. The van der Waals surface area contributed by atoms with E-state index in [4.69, 9.17) is 9.30 Å². The molecule has 0 atom stereocenters. The molecule has 2 heterocycles. The predicted octanol–water partition coefficient (Wildman–Crippen LogP) is 7.45. The molecule has 0 bridgehead atoms. The first kappa shape index (κ1) is 28.3. The quantitative estimate of drug-likeness (QED) is 0.114. The van der Waals surface area contributed by atoms with Gasteiger partial charge in [-0.05, 0) is 67.6 Å². The van der Waals surface area contributed by atoms with E-state index >= 15 is 0 Å². The van der Waals surface area contributed by atoms with Crippen molar-refractivity contribution in [1.29, 1.82) is 0 Å². The Morgan fingerprint density at radius 2 is 1.85 bits per heavy atom. The average molecular weight is 557 g/mol. The first-order valence-electron chi connectivity index (χ1n) is 12.0. The number of hydrogen-bond donors (Lipinski definition) is 0. The molecule has 4 rings (SSSR count). The SMILES string of the molecule is CC(=O)OOc1ccc(SCc2cc(-c3ccc(C(F)(F)F)cc3)oc2CN(C)Cc2cccnc2)cc1C. The van der Waals surface area contributed by atoms with Crippen LogP contribution in [0.3, 0.4) is 0 Å². The van der Waals surface area contributed by atoms with Crippen LogP contribution in [0.1, 0.15) is 34.9 Å². The van der Waals surface area contributed by atoms with Gasteiger partial charge in [0.15, 0.2) is 5.75 Å². The van der Waals surface area contributed by atoms with E-state index in [1.165, 1.54) is 19.1 Å². The van der Waals surface area contributed by atoms with Crippen molar-refractivity contribution in [2.45, 2.75) is 43.8 Å². The van der Waals surface area contributed by atoms with Gasteiger partial charge in [0.2, 0.25) is 0 Å². The number of halogens is 3. The highest BCUT2D eigenvalue weighted by atomic mass is 32.2. The van der Waals surface area contributed by atoms with E-state index in [1.54, 1.807) is 30.2 Å². The molecule has 0 spiro atoms. The topological polar surface area (TPSA) is 64.8 Å². The molecule has 0 aliphatic heterocycles. The molecule has 10 heteroatoms. The Morgan fingerprint density at radius 3 is 2.49 bits per heavy atom. The van der Waals surface area contributed by atoms with Crippen LogP contribution in [0.5, 0.6) is 5.75 Å². The molecule has 0 aliphatic carbocycles. The fraction of sp³-hybridized carbons (Fsp3) is 0.241. The van der Waals surface area contributed by atoms with Gasteiger partial charge < -0.3 is 4.42 Å². The predicted molar refractivity (Wildman–Crippen MR) is 142 cm³/mol. The third-order valence-corrected chi connectivity index (χ3v) is 6.81. The number of nitrogens with zero attached hydrogens (tertiary/aromatic N) is 2. The van der Waals surface area contributed by atoms with Crippen LogP contribution in [0.2, 0.25) is 0 Å². The molecule has 0 unspecified atom stereocenters. The van der Waals surface area contributed by atoms with Gasteiger partial charge in [-0.15, -0.1) is 11.8 Å². The number of carbonyl (C=O) groups is 1. The van der Waals surface area contributed by atoms with E-state index in [9.17, 15) is 18.0 Å². The van der Waals surface area contributed by atoms with Crippen LogP contribution >= 0.6 is 11.8 Å². The van der Waals surface area contributed by atoms with E-state index in [0.717, 1.165) is 39.5 Å². The van der Waals surface area contributed by atoms with E-state index in [0.29, 0.717) is 35.9 Å². The summed E-state index contributed by atoms with van der Waals surface area (Å²) >= 11 is 1.58. The molecular formula is C29H27F3N2O4S. The summed E-state index contributed by atoms with van der Waals surface area (Å²) in [6.07, 6.45) is -0.876. The first-order chi connectivity index (χ1) is 18.6. The Bertz CT molecular complexity index is 1410. The Labute approximate surface area is 228 Å². The van der Waals surface area contributed by atoms with E-state index in [2.05, 4.69) is 14.8 Å². The summed E-state index contributed by atoms with van der Waals surface area (Å²) in [5.74, 6) is 1.71. The minimum absolute atomic E-state index is 0.445. The minimum atomic E-state index is -4.40. The summed E-state index contributed by atoms with van der Waals surface area (Å²) in [6.45, 7) is 4.26. The lowest BCUT2D eigenvalue weighted by molar-refractivity contribution is -0.211. The molecule has 0 fully saturated rings. The first-order valence-corrected chi connectivity index (χ1v) is 13.0. The number of alkyl halides is 3. The van der Waals surface area contributed by atoms with Crippen molar-refractivity contribution in [2.24, 2.45) is 0 Å². The minimum Gasteiger partial charge on any atom is -0.459 e. The third kappa shape index (κ3) is 7.87. The number of rotatable bonds is 10. The van der Waals surface area contributed by atoms with Crippen LogP contribution in [0.4, 0.5) is 13.2 Å². The van der Waals surface area contributed by atoms with Gasteiger partial charge in [-0.1, -0.05) is 18.2 Å². The van der Waals surface area contributed by atoms with Crippen molar-refractivity contribution < 1.29 is 32.2 Å². The molecule has 0 saturated heterocycles. The smallest absolute Gasteiger partial charge is 0.416 e. The maximum atomic E-state index is 13.0. The lowest BCUT2D eigenvalue weighted by atomic mass is 10.1. The zero-order valence-electron chi connectivity index (χ0n) is 21.6. The van der Waals surface area contributed by atoms with E-state index < -0.39 is 17.7 Å². The van der Waals surface area contributed by atoms with Crippen molar-refractivity contribution in [3.8, 4) is 17.1 Å². The number of aryl methyl sites for hydroxylation is 1. The highest BCUT2D eigenvalue weighted by Gasteiger charge is 2.30. The number of hydrogen-bond acceptors (Lipinski definition) is 7. The van der Waals surface area contributed by atoms with Crippen molar-refractivity contribution >= 4 is 17.7 Å². The molecule has 204 valence electrons. The zero-order valence-corrected chi connectivity index (χ0v) is 22.4. The normalized spacial score (nSPS) is 11.6. The molecule has 0 radical (unpaired) electrons. The third-order valence-electron chi connectivity index (χ3n) is 5.77. The van der Waals surface area contributed by atoms with Gasteiger partial charge in [-0.25, -0.2) is 4.79 Å². The monoisotopic (exact) mass is 556 g/mol. The summed E-state index contributed by atoms with van der Waals surface area (Å²) in [5.41, 5.74) is 2.65. The number of carbonyl (C=O) groups excluding carboxylic acids is 1. The molecule has 0 N–H and O–H groups in total. The molecule has 2 aromatic heterocycles. The van der Waals surface area contributed by atoms with Crippen LogP contribution in [0.25, 0.3) is 11.3 Å². The fourth-order valence-corrected chi connectivity index (χ4v) is 4.85. The van der Waals surface area contributed by atoms with Crippen LogP contribution < -0.4 is 4.89 Å². The van der Waals surface area contributed by atoms with Gasteiger partial charge in [-0.2, -0.15) is 13.2 Å². The van der Waals surface area contributed by atoms with Gasteiger partial charge in [0.1, 0.15) is 11.5 Å². The van der Waals surface area contributed by atoms with Crippen molar-refractivity contribution in [2.75, 3.05) is 7.05 Å². The van der Waals surface area contributed by atoms with Gasteiger partial charge in [0, 0.05) is 47.6 Å².